The van der Waals surface area contributed by atoms with Crippen molar-refractivity contribution in [3.63, 3.8) is 0 Å². The van der Waals surface area contributed by atoms with Gasteiger partial charge in [0, 0.05) is 24.1 Å². The van der Waals surface area contributed by atoms with Crippen LogP contribution in [0.4, 0.5) is 0 Å². The molecule has 0 saturated carbocycles. The topological polar surface area (TPSA) is 78.5 Å². The Bertz CT molecular complexity index is 517. The van der Waals surface area contributed by atoms with Gasteiger partial charge in [-0.3, -0.25) is 4.79 Å². The number of nitrogens with zero attached hydrogens (tertiary/aromatic N) is 1. The fourth-order valence-electron chi connectivity index (χ4n) is 3.25. The number of nitrogens with one attached hydrogen (secondary N) is 2. The van der Waals surface area contributed by atoms with Gasteiger partial charge in [0.05, 0.1) is 0 Å². The molecule has 6 nitrogen and oxygen atoms in total. The van der Waals surface area contributed by atoms with Gasteiger partial charge in [0.2, 0.25) is 5.91 Å². The van der Waals surface area contributed by atoms with Crippen molar-refractivity contribution in [1.29, 1.82) is 0 Å². The largest absolute Gasteiger partial charge is 0.353 e. The van der Waals surface area contributed by atoms with E-state index in [4.69, 9.17) is 0 Å². The van der Waals surface area contributed by atoms with Crippen LogP contribution in [0.2, 0.25) is 0 Å². The van der Waals surface area contributed by atoms with E-state index in [9.17, 15) is 13.2 Å². The number of carbonyl (C=O) groups is 1. The lowest BCUT2D eigenvalue weighted by Crippen LogP contribution is -2.61. The Hall–Kier alpha value is 0.270. The Morgan fingerprint density at radius 1 is 1.21 bits per heavy atom. The number of sulfone groups is 1. The monoisotopic (exact) mass is 421 g/mol. The molecule has 2 fully saturated rings. The molecule has 1 unspecified atom stereocenters. The molecule has 144 valence electrons. The zero-order valence-corrected chi connectivity index (χ0v) is 17.7. The van der Waals surface area contributed by atoms with Crippen molar-refractivity contribution in [2.45, 2.75) is 29.5 Å². The maximum atomic E-state index is 12.7. The first kappa shape index (κ1) is 24.3. The average molecular weight is 422 g/mol. The SMILES string of the molecule is CN(C)C1(CNC(=O)C2(S(C)(=O)=O)CCNCC2)CCSC1.Cl.Cl. The van der Waals surface area contributed by atoms with Crippen LogP contribution >= 0.6 is 36.6 Å². The first-order valence-corrected chi connectivity index (χ1v) is 10.7. The van der Waals surface area contributed by atoms with Gasteiger partial charge in [0.15, 0.2) is 14.6 Å². The van der Waals surface area contributed by atoms with Crippen molar-refractivity contribution in [1.82, 2.24) is 15.5 Å². The Labute approximate surface area is 162 Å². The van der Waals surface area contributed by atoms with Crippen molar-refractivity contribution in [2.24, 2.45) is 0 Å². The van der Waals surface area contributed by atoms with Gasteiger partial charge < -0.3 is 15.5 Å². The summed E-state index contributed by atoms with van der Waals surface area (Å²) in [5.41, 5.74) is -0.0636. The third-order valence-electron chi connectivity index (χ3n) is 5.14. The number of amides is 1. The van der Waals surface area contributed by atoms with Crippen LogP contribution in [0, 0.1) is 0 Å². The molecule has 0 aliphatic carbocycles. The quantitative estimate of drug-likeness (QED) is 0.674. The third-order valence-corrected chi connectivity index (χ3v) is 8.39. The van der Waals surface area contributed by atoms with E-state index in [0.717, 1.165) is 17.9 Å². The molecule has 0 aromatic rings. The molecule has 2 heterocycles. The number of piperidine rings is 1. The first-order chi connectivity index (χ1) is 10.2. The van der Waals surface area contributed by atoms with Crippen LogP contribution in [0.15, 0.2) is 0 Å². The van der Waals surface area contributed by atoms with E-state index in [1.54, 1.807) is 0 Å². The van der Waals surface area contributed by atoms with Gasteiger partial charge in [0.1, 0.15) is 0 Å². The molecule has 0 radical (unpaired) electrons. The third kappa shape index (κ3) is 4.71. The maximum Gasteiger partial charge on any atom is 0.241 e. The molecule has 24 heavy (non-hydrogen) atoms. The van der Waals surface area contributed by atoms with Crippen LogP contribution in [-0.2, 0) is 14.6 Å². The molecule has 10 heteroatoms. The van der Waals surface area contributed by atoms with Gasteiger partial charge in [-0.2, -0.15) is 11.8 Å². The molecular weight excluding hydrogens is 393 g/mol. The van der Waals surface area contributed by atoms with Crippen molar-refractivity contribution < 1.29 is 13.2 Å². The Kier molecular flexibility index (Phi) is 9.38. The molecule has 1 amide bonds. The van der Waals surface area contributed by atoms with Gasteiger partial charge >= 0.3 is 0 Å². The standard InChI is InChI=1S/C14H27N3O3S2.2ClH/c1-17(2)13(6-9-21-11-13)10-16-12(18)14(22(3,19)20)4-7-15-8-5-14;;/h15H,4-11H2,1-3H3,(H,16,18);2*1H. The van der Waals surface area contributed by atoms with Gasteiger partial charge in [-0.15, -0.1) is 24.8 Å². The first-order valence-electron chi connectivity index (χ1n) is 7.67. The minimum Gasteiger partial charge on any atom is -0.353 e. The van der Waals surface area contributed by atoms with Crippen LogP contribution in [-0.4, -0.2) is 81.0 Å². The van der Waals surface area contributed by atoms with E-state index in [2.05, 4.69) is 15.5 Å². The number of rotatable bonds is 5. The molecule has 2 aliphatic heterocycles. The van der Waals surface area contributed by atoms with Crippen LogP contribution in [0.1, 0.15) is 19.3 Å². The molecule has 0 aromatic heterocycles. The van der Waals surface area contributed by atoms with Crippen LogP contribution in [0.25, 0.3) is 0 Å². The van der Waals surface area contributed by atoms with E-state index in [-0.39, 0.29) is 36.3 Å². The molecule has 1 atom stereocenters. The molecule has 2 aliphatic rings. The lowest BCUT2D eigenvalue weighted by atomic mass is 9.93. The highest BCUT2D eigenvalue weighted by Crippen LogP contribution is 2.32. The summed E-state index contributed by atoms with van der Waals surface area (Å²) < 4.78 is 23.2. The van der Waals surface area contributed by atoms with Crippen molar-refractivity contribution in [2.75, 3.05) is 51.5 Å². The minimum atomic E-state index is -3.44. The van der Waals surface area contributed by atoms with Crippen molar-refractivity contribution >= 4 is 52.3 Å². The van der Waals surface area contributed by atoms with E-state index < -0.39 is 14.6 Å². The zero-order valence-electron chi connectivity index (χ0n) is 14.5. The summed E-state index contributed by atoms with van der Waals surface area (Å²) in [7, 11) is 0.602. The molecule has 0 bridgehead atoms. The van der Waals surface area contributed by atoms with Crippen molar-refractivity contribution in [3.8, 4) is 0 Å². The fraction of sp³-hybridized carbons (Fsp3) is 0.929. The van der Waals surface area contributed by atoms with Gasteiger partial charge in [-0.1, -0.05) is 0 Å². The lowest BCUT2D eigenvalue weighted by molar-refractivity contribution is -0.124. The predicted molar refractivity (Wildman–Crippen MR) is 106 cm³/mol. The molecule has 2 saturated heterocycles. The summed E-state index contributed by atoms with van der Waals surface area (Å²) in [6, 6.07) is 0. The fourth-order valence-corrected chi connectivity index (χ4v) is 6.16. The Morgan fingerprint density at radius 2 is 1.79 bits per heavy atom. The summed E-state index contributed by atoms with van der Waals surface area (Å²) in [6.45, 7) is 1.64. The molecule has 2 rings (SSSR count). The summed E-state index contributed by atoms with van der Waals surface area (Å²) in [5, 5.41) is 6.10. The summed E-state index contributed by atoms with van der Waals surface area (Å²) >= 11 is 1.88. The smallest absolute Gasteiger partial charge is 0.241 e. The highest BCUT2D eigenvalue weighted by Gasteiger charge is 2.49. The highest BCUT2D eigenvalue weighted by molar-refractivity contribution is 7.99. The number of likely N-dealkylation sites (N-methyl/N-ethyl adjacent to an activating group) is 1. The van der Waals surface area contributed by atoms with Gasteiger partial charge in [0.25, 0.3) is 0 Å². The molecule has 2 N–H and O–H groups in total. The predicted octanol–water partition coefficient (Wildman–Crippen LogP) is 0.550. The van der Waals surface area contributed by atoms with Crippen LogP contribution in [0.3, 0.4) is 0 Å². The second-order valence-corrected chi connectivity index (χ2v) is 10.1. The molecule has 0 aromatic carbocycles. The van der Waals surface area contributed by atoms with E-state index in [1.165, 1.54) is 6.26 Å². The number of carbonyl (C=O) groups excluding carboxylic acids is 1. The van der Waals surface area contributed by atoms with E-state index in [1.807, 2.05) is 25.9 Å². The number of thioether (sulfide) groups is 1. The Morgan fingerprint density at radius 3 is 2.21 bits per heavy atom. The van der Waals surface area contributed by atoms with E-state index in [0.29, 0.717) is 32.5 Å². The lowest BCUT2D eigenvalue weighted by Gasteiger charge is -2.39. The molecular formula is C14H29Cl2N3O3S2. The maximum absolute atomic E-state index is 12.7. The number of halogens is 2. The summed E-state index contributed by atoms with van der Waals surface area (Å²) in [4.78, 5) is 14.9. The minimum absolute atomic E-state index is 0. The highest BCUT2D eigenvalue weighted by atomic mass is 35.5. The normalized spacial score (nSPS) is 26.3. The summed E-state index contributed by atoms with van der Waals surface area (Å²) in [6.07, 6.45) is 2.90. The Balaban J connectivity index is 0.00000264. The second-order valence-electron chi connectivity index (χ2n) is 6.62. The van der Waals surface area contributed by atoms with Gasteiger partial charge in [-0.05, 0) is 52.2 Å². The number of hydrogen-bond donors (Lipinski definition) is 2. The van der Waals surface area contributed by atoms with Crippen molar-refractivity contribution in [3.05, 3.63) is 0 Å². The molecule has 0 spiro atoms. The average Bonchev–Trinajstić information content (AvgIpc) is 2.94. The van der Waals surface area contributed by atoms with Crippen LogP contribution in [0.5, 0.6) is 0 Å². The zero-order chi connectivity index (χ0) is 16.4. The van der Waals surface area contributed by atoms with Crippen LogP contribution < -0.4 is 10.6 Å². The summed E-state index contributed by atoms with van der Waals surface area (Å²) in [5.74, 6) is 1.72. The van der Waals surface area contributed by atoms with E-state index >= 15 is 0 Å². The van der Waals surface area contributed by atoms with Gasteiger partial charge in [-0.25, -0.2) is 8.42 Å². The number of hydrogen-bond acceptors (Lipinski definition) is 6. The second kappa shape index (κ2) is 9.28.